The van der Waals surface area contributed by atoms with E-state index in [9.17, 15) is 0 Å². The molecule has 0 spiro atoms. The minimum absolute atomic E-state index is 0.0898. The van der Waals surface area contributed by atoms with Gasteiger partial charge in [0.2, 0.25) is 0 Å². The highest BCUT2D eigenvalue weighted by molar-refractivity contribution is 5.77. The number of nitrogen functional groups attached to an aromatic ring is 1. The zero-order valence-corrected chi connectivity index (χ0v) is 11.1. The molecule has 1 aromatic carbocycles. The molecule has 2 rings (SSSR count). The molecule has 0 radical (unpaired) electrons. The summed E-state index contributed by atoms with van der Waals surface area (Å²) in [7, 11) is 0. The van der Waals surface area contributed by atoms with Crippen molar-refractivity contribution in [2.45, 2.75) is 45.6 Å². The van der Waals surface area contributed by atoms with Crippen LogP contribution in [-0.2, 0) is 5.41 Å². The largest absolute Gasteiger partial charge is 0.492 e. The van der Waals surface area contributed by atoms with Crippen molar-refractivity contribution in [2.24, 2.45) is 0 Å². The summed E-state index contributed by atoms with van der Waals surface area (Å²) in [5, 5.41) is 3.53. The Morgan fingerprint density at radius 3 is 2.71 bits per heavy atom. The van der Waals surface area contributed by atoms with Crippen molar-refractivity contribution in [3.8, 4) is 5.75 Å². The van der Waals surface area contributed by atoms with E-state index in [1.165, 1.54) is 5.56 Å². The average Bonchev–Trinajstić information content (AvgIpc) is 2.58. The Hall–Kier alpha value is -1.38. The molecule has 2 atom stereocenters. The van der Waals surface area contributed by atoms with Crippen LogP contribution in [0.15, 0.2) is 12.1 Å². The second-order valence-corrected chi connectivity index (χ2v) is 4.97. The number of nitrogens with two attached hydrogens (primary N) is 1. The third-order valence-corrected chi connectivity index (χ3v) is 4.12. The van der Waals surface area contributed by atoms with E-state index in [1.807, 2.05) is 19.1 Å². The Balaban J connectivity index is 2.58. The lowest BCUT2D eigenvalue weighted by molar-refractivity contribution is 0.342. The lowest BCUT2D eigenvalue weighted by Crippen LogP contribution is -2.33. The third kappa shape index (κ3) is 1.65. The van der Waals surface area contributed by atoms with Crippen molar-refractivity contribution in [1.29, 1.82) is 0 Å². The molecule has 0 amide bonds. The molecule has 0 saturated heterocycles. The van der Waals surface area contributed by atoms with Gasteiger partial charge in [-0.05, 0) is 32.4 Å². The van der Waals surface area contributed by atoms with E-state index in [4.69, 9.17) is 10.5 Å². The van der Waals surface area contributed by atoms with Crippen molar-refractivity contribution in [2.75, 3.05) is 17.7 Å². The second kappa shape index (κ2) is 4.13. The first kappa shape index (κ1) is 12.1. The van der Waals surface area contributed by atoms with Crippen LogP contribution in [0, 0.1) is 0 Å². The molecule has 2 unspecified atom stereocenters. The molecule has 3 N–H and O–H groups in total. The molecule has 1 aliphatic rings. The molecule has 0 saturated carbocycles. The molecule has 17 heavy (non-hydrogen) atoms. The van der Waals surface area contributed by atoms with E-state index < -0.39 is 0 Å². The van der Waals surface area contributed by atoms with Gasteiger partial charge in [-0.3, -0.25) is 0 Å². The van der Waals surface area contributed by atoms with Crippen molar-refractivity contribution >= 4 is 11.4 Å². The maximum Gasteiger partial charge on any atom is 0.142 e. The van der Waals surface area contributed by atoms with Gasteiger partial charge in [-0.1, -0.05) is 13.8 Å². The highest BCUT2D eigenvalue weighted by Gasteiger charge is 2.42. The molecule has 94 valence electrons. The fourth-order valence-electron chi connectivity index (χ4n) is 2.71. The molecule has 3 nitrogen and oxygen atoms in total. The van der Waals surface area contributed by atoms with Crippen LogP contribution in [0.5, 0.6) is 5.75 Å². The van der Waals surface area contributed by atoms with Crippen LogP contribution in [0.4, 0.5) is 11.4 Å². The van der Waals surface area contributed by atoms with Gasteiger partial charge in [-0.25, -0.2) is 0 Å². The number of benzene rings is 1. The van der Waals surface area contributed by atoms with Crippen LogP contribution < -0.4 is 15.8 Å². The van der Waals surface area contributed by atoms with Gasteiger partial charge in [-0.2, -0.15) is 0 Å². The number of rotatable bonds is 3. The van der Waals surface area contributed by atoms with E-state index in [1.54, 1.807) is 0 Å². The number of hydrogen-bond donors (Lipinski definition) is 2. The second-order valence-electron chi connectivity index (χ2n) is 4.97. The summed E-state index contributed by atoms with van der Waals surface area (Å²) < 4.78 is 5.67. The minimum Gasteiger partial charge on any atom is -0.492 e. The van der Waals surface area contributed by atoms with E-state index in [0.717, 1.165) is 23.5 Å². The van der Waals surface area contributed by atoms with Crippen molar-refractivity contribution in [3.05, 3.63) is 17.7 Å². The van der Waals surface area contributed by atoms with Crippen LogP contribution in [0.2, 0.25) is 0 Å². The van der Waals surface area contributed by atoms with Crippen LogP contribution in [0.1, 0.15) is 39.7 Å². The average molecular weight is 234 g/mol. The highest BCUT2D eigenvalue weighted by Crippen LogP contribution is 2.50. The summed E-state index contributed by atoms with van der Waals surface area (Å²) in [5.74, 6) is 0.917. The number of fused-ring (bicyclic) bond motifs is 1. The van der Waals surface area contributed by atoms with Gasteiger partial charge >= 0.3 is 0 Å². The van der Waals surface area contributed by atoms with Crippen molar-refractivity contribution in [1.82, 2.24) is 0 Å². The normalized spacial score (nSPS) is 26.5. The summed E-state index contributed by atoms with van der Waals surface area (Å²) >= 11 is 0. The molecular formula is C14H22N2O. The zero-order valence-electron chi connectivity index (χ0n) is 11.1. The molecule has 3 heteroatoms. The molecule has 0 fully saturated rings. The fourth-order valence-corrected chi connectivity index (χ4v) is 2.71. The smallest absolute Gasteiger partial charge is 0.142 e. The summed E-state index contributed by atoms with van der Waals surface area (Å²) in [5.41, 5.74) is 9.42. The van der Waals surface area contributed by atoms with Gasteiger partial charge in [0.15, 0.2) is 0 Å². The maximum absolute atomic E-state index is 6.15. The number of hydrogen-bond acceptors (Lipinski definition) is 3. The molecule has 1 aliphatic heterocycles. The van der Waals surface area contributed by atoms with Gasteiger partial charge in [0.1, 0.15) is 5.75 Å². The first-order valence-electron chi connectivity index (χ1n) is 6.36. The monoisotopic (exact) mass is 234 g/mol. The fraction of sp³-hybridized carbons (Fsp3) is 0.571. The SMILES string of the molecule is CCOc1ccc(N)c2c1NC(C)C2(C)CC. The Kier molecular flexibility index (Phi) is 2.94. The first-order chi connectivity index (χ1) is 8.04. The molecular weight excluding hydrogens is 212 g/mol. The summed E-state index contributed by atoms with van der Waals surface area (Å²) in [4.78, 5) is 0. The lowest BCUT2D eigenvalue weighted by Gasteiger charge is -2.28. The first-order valence-corrected chi connectivity index (χ1v) is 6.36. The van der Waals surface area contributed by atoms with E-state index in [-0.39, 0.29) is 5.41 Å². The Bertz CT molecular complexity index is 430. The van der Waals surface area contributed by atoms with E-state index in [2.05, 4.69) is 26.1 Å². The van der Waals surface area contributed by atoms with Crippen LogP contribution in [-0.4, -0.2) is 12.6 Å². The number of ether oxygens (including phenoxy) is 1. The van der Waals surface area contributed by atoms with Crippen LogP contribution >= 0.6 is 0 Å². The summed E-state index contributed by atoms with van der Waals surface area (Å²) in [6.07, 6.45) is 1.06. The highest BCUT2D eigenvalue weighted by atomic mass is 16.5. The molecule has 0 bridgehead atoms. The summed E-state index contributed by atoms with van der Waals surface area (Å²) in [6, 6.07) is 4.29. The van der Waals surface area contributed by atoms with Gasteiger partial charge in [-0.15, -0.1) is 0 Å². The molecule has 1 heterocycles. The third-order valence-electron chi connectivity index (χ3n) is 4.12. The van der Waals surface area contributed by atoms with Crippen molar-refractivity contribution in [3.63, 3.8) is 0 Å². The number of anilines is 2. The lowest BCUT2D eigenvalue weighted by atomic mass is 9.76. The Labute approximate surface area is 103 Å². The molecule has 0 aromatic heterocycles. The van der Waals surface area contributed by atoms with Gasteiger partial charge in [0.25, 0.3) is 0 Å². The summed E-state index contributed by atoms with van der Waals surface area (Å²) in [6.45, 7) is 9.36. The predicted molar refractivity (Wildman–Crippen MR) is 72.8 cm³/mol. The van der Waals surface area contributed by atoms with Gasteiger partial charge < -0.3 is 15.8 Å². The molecule has 0 aliphatic carbocycles. The van der Waals surface area contributed by atoms with Crippen LogP contribution in [0.25, 0.3) is 0 Å². The standard InChI is InChI=1S/C14H22N2O/c1-5-14(4)9(3)16-13-11(17-6-2)8-7-10(15)12(13)14/h7-9,16H,5-6,15H2,1-4H3. The minimum atomic E-state index is 0.0898. The Morgan fingerprint density at radius 1 is 1.41 bits per heavy atom. The predicted octanol–water partition coefficient (Wildman–Crippen LogP) is 3.15. The maximum atomic E-state index is 6.15. The van der Waals surface area contributed by atoms with E-state index >= 15 is 0 Å². The number of nitrogens with one attached hydrogen (secondary N) is 1. The van der Waals surface area contributed by atoms with Crippen LogP contribution in [0.3, 0.4) is 0 Å². The quantitative estimate of drug-likeness (QED) is 0.790. The van der Waals surface area contributed by atoms with Gasteiger partial charge in [0.05, 0.1) is 12.3 Å². The van der Waals surface area contributed by atoms with Gasteiger partial charge in [0, 0.05) is 22.7 Å². The Morgan fingerprint density at radius 2 is 2.12 bits per heavy atom. The van der Waals surface area contributed by atoms with Crippen molar-refractivity contribution < 1.29 is 4.74 Å². The van der Waals surface area contributed by atoms with E-state index in [0.29, 0.717) is 12.6 Å². The molecule has 1 aromatic rings. The zero-order chi connectivity index (χ0) is 12.6. The topological polar surface area (TPSA) is 47.3 Å².